The predicted molar refractivity (Wildman–Crippen MR) is 70.2 cm³/mol. The monoisotopic (exact) mass is 281 g/mol. The van der Waals surface area contributed by atoms with Crippen LogP contribution >= 0.6 is 0 Å². The van der Waals surface area contributed by atoms with Crippen molar-refractivity contribution in [1.82, 2.24) is 10.6 Å². The molecular formula is C12H15N3O5. The van der Waals surface area contributed by atoms with Gasteiger partial charge in [-0.1, -0.05) is 18.2 Å². The van der Waals surface area contributed by atoms with E-state index in [1.165, 1.54) is 6.07 Å². The van der Waals surface area contributed by atoms with Gasteiger partial charge in [0.1, 0.15) is 0 Å². The van der Waals surface area contributed by atoms with Gasteiger partial charge in [-0.2, -0.15) is 0 Å². The van der Waals surface area contributed by atoms with E-state index in [0.29, 0.717) is 12.0 Å². The summed E-state index contributed by atoms with van der Waals surface area (Å²) in [5.74, 6) is -0.924. The van der Waals surface area contributed by atoms with E-state index in [-0.39, 0.29) is 25.2 Å². The van der Waals surface area contributed by atoms with Crippen molar-refractivity contribution in [2.24, 2.45) is 0 Å². The Morgan fingerprint density at radius 1 is 1.25 bits per heavy atom. The molecule has 0 fully saturated rings. The molecule has 0 radical (unpaired) electrons. The number of nitrogens with one attached hydrogen (secondary N) is 2. The summed E-state index contributed by atoms with van der Waals surface area (Å²) in [6, 6.07) is 5.63. The highest BCUT2D eigenvalue weighted by Crippen LogP contribution is 2.16. The number of amides is 2. The van der Waals surface area contributed by atoms with Gasteiger partial charge in [-0.15, -0.1) is 0 Å². The van der Waals surface area contributed by atoms with Crippen LogP contribution in [0.15, 0.2) is 24.3 Å². The van der Waals surface area contributed by atoms with Crippen LogP contribution in [0.2, 0.25) is 0 Å². The smallest absolute Gasteiger partial charge is 0.315 e. The number of carboxylic acid groups (broad SMARTS) is 1. The molecule has 0 aliphatic carbocycles. The minimum atomic E-state index is -0.924. The van der Waals surface area contributed by atoms with Crippen LogP contribution in [0.4, 0.5) is 10.5 Å². The van der Waals surface area contributed by atoms with Crippen LogP contribution in [-0.2, 0) is 11.3 Å². The molecular weight excluding hydrogens is 266 g/mol. The first-order chi connectivity index (χ1) is 9.50. The molecule has 0 aromatic heterocycles. The van der Waals surface area contributed by atoms with Gasteiger partial charge in [0.05, 0.1) is 11.5 Å². The van der Waals surface area contributed by atoms with Gasteiger partial charge in [-0.25, -0.2) is 4.79 Å². The lowest BCUT2D eigenvalue weighted by atomic mass is 10.2. The third-order valence-corrected chi connectivity index (χ3v) is 2.48. The number of benzene rings is 1. The Bertz CT molecular complexity index is 504. The first-order valence-electron chi connectivity index (χ1n) is 5.96. The fraction of sp³-hybridized carbons (Fsp3) is 0.333. The molecule has 20 heavy (non-hydrogen) atoms. The summed E-state index contributed by atoms with van der Waals surface area (Å²) in [5, 5.41) is 24.1. The minimum Gasteiger partial charge on any atom is -0.481 e. The van der Waals surface area contributed by atoms with E-state index in [9.17, 15) is 19.7 Å². The number of rotatable bonds is 7. The first kappa shape index (κ1) is 15.4. The minimum absolute atomic E-state index is 0.0234. The third kappa shape index (κ3) is 5.34. The first-order valence-corrected chi connectivity index (χ1v) is 5.96. The van der Waals surface area contributed by atoms with Crippen molar-refractivity contribution in [1.29, 1.82) is 0 Å². The summed E-state index contributed by atoms with van der Waals surface area (Å²) >= 11 is 0. The van der Waals surface area contributed by atoms with Crippen LogP contribution in [0.25, 0.3) is 0 Å². The molecule has 0 aliphatic heterocycles. The van der Waals surface area contributed by atoms with Crippen molar-refractivity contribution >= 4 is 17.7 Å². The molecule has 0 saturated carbocycles. The van der Waals surface area contributed by atoms with Gasteiger partial charge < -0.3 is 15.7 Å². The maximum atomic E-state index is 11.4. The highest BCUT2D eigenvalue weighted by Gasteiger charge is 2.12. The largest absolute Gasteiger partial charge is 0.481 e. The van der Waals surface area contributed by atoms with E-state index in [1.54, 1.807) is 18.2 Å². The van der Waals surface area contributed by atoms with Crippen LogP contribution in [0.5, 0.6) is 0 Å². The zero-order chi connectivity index (χ0) is 15.0. The van der Waals surface area contributed by atoms with Gasteiger partial charge in [0.25, 0.3) is 5.69 Å². The lowest BCUT2D eigenvalue weighted by Gasteiger charge is -2.07. The lowest BCUT2D eigenvalue weighted by molar-refractivity contribution is -0.385. The quantitative estimate of drug-likeness (QED) is 0.394. The van der Waals surface area contributed by atoms with E-state index in [4.69, 9.17) is 5.11 Å². The van der Waals surface area contributed by atoms with Crippen molar-refractivity contribution < 1.29 is 19.6 Å². The predicted octanol–water partition coefficient (Wildman–Crippen LogP) is 1.26. The molecule has 8 heteroatoms. The van der Waals surface area contributed by atoms with Gasteiger partial charge in [0, 0.05) is 24.6 Å². The fourth-order valence-electron chi connectivity index (χ4n) is 1.52. The molecule has 2 amide bonds. The number of carbonyl (C=O) groups excluding carboxylic acids is 1. The number of para-hydroxylation sites is 1. The third-order valence-electron chi connectivity index (χ3n) is 2.48. The number of nitro groups is 1. The van der Waals surface area contributed by atoms with Gasteiger partial charge in [-0.3, -0.25) is 14.9 Å². The topological polar surface area (TPSA) is 122 Å². The van der Waals surface area contributed by atoms with Gasteiger partial charge in [0.15, 0.2) is 0 Å². The number of aliphatic carboxylic acids is 1. The van der Waals surface area contributed by atoms with Crippen molar-refractivity contribution in [2.45, 2.75) is 19.4 Å². The van der Waals surface area contributed by atoms with Crippen molar-refractivity contribution in [2.75, 3.05) is 6.54 Å². The summed E-state index contributed by atoms with van der Waals surface area (Å²) in [6.07, 6.45) is 0.304. The van der Waals surface area contributed by atoms with Gasteiger partial charge in [0.2, 0.25) is 0 Å². The van der Waals surface area contributed by atoms with Crippen LogP contribution in [-0.4, -0.2) is 28.6 Å². The number of hydrogen-bond donors (Lipinski definition) is 3. The molecule has 1 rings (SSSR count). The summed E-state index contributed by atoms with van der Waals surface area (Å²) in [5.41, 5.74) is 0.344. The molecule has 0 aliphatic rings. The Hall–Kier alpha value is -2.64. The van der Waals surface area contributed by atoms with E-state index < -0.39 is 16.9 Å². The van der Waals surface area contributed by atoms with Crippen LogP contribution < -0.4 is 10.6 Å². The fourth-order valence-corrected chi connectivity index (χ4v) is 1.52. The Labute approximate surface area is 114 Å². The van der Waals surface area contributed by atoms with Gasteiger partial charge in [-0.05, 0) is 6.42 Å². The zero-order valence-electron chi connectivity index (χ0n) is 10.7. The highest BCUT2D eigenvalue weighted by atomic mass is 16.6. The molecule has 0 unspecified atom stereocenters. The summed E-state index contributed by atoms with van der Waals surface area (Å²) in [7, 11) is 0. The molecule has 8 nitrogen and oxygen atoms in total. The Morgan fingerprint density at radius 2 is 1.95 bits per heavy atom. The Kier molecular flexibility index (Phi) is 5.95. The Morgan fingerprint density at radius 3 is 2.60 bits per heavy atom. The number of urea groups is 1. The van der Waals surface area contributed by atoms with Crippen LogP contribution in [0, 0.1) is 10.1 Å². The summed E-state index contributed by atoms with van der Waals surface area (Å²) in [4.78, 5) is 31.9. The number of carboxylic acids is 1. The average molecular weight is 281 g/mol. The molecule has 108 valence electrons. The van der Waals surface area contributed by atoms with Crippen molar-refractivity contribution in [3.05, 3.63) is 39.9 Å². The van der Waals surface area contributed by atoms with E-state index in [1.807, 2.05) is 0 Å². The molecule has 0 bridgehead atoms. The maximum absolute atomic E-state index is 11.4. The van der Waals surface area contributed by atoms with Crippen LogP contribution in [0.1, 0.15) is 18.4 Å². The SMILES string of the molecule is O=C(O)CCCNC(=O)NCc1ccccc1[N+](=O)[O-]. The number of nitrogens with zero attached hydrogens (tertiary/aromatic N) is 1. The molecule has 0 atom stereocenters. The maximum Gasteiger partial charge on any atom is 0.315 e. The Balaban J connectivity index is 2.38. The molecule has 1 aromatic carbocycles. The molecule has 0 saturated heterocycles. The molecule has 1 aromatic rings. The second-order valence-corrected chi connectivity index (χ2v) is 3.99. The van der Waals surface area contributed by atoms with Crippen molar-refractivity contribution in [3.8, 4) is 0 Å². The number of hydrogen-bond acceptors (Lipinski definition) is 4. The standard InChI is InChI=1S/C12H15N3O5/c16-11(17)6-3-7-13-12(18)14-8-9-4-1-2-5-10(9)15(19)20/h1-2,4-5H,3,6-8H2,(H,16,17)(H2,13,14,18). The molecule has 3 N–H and O–H groups in total. The molecule has 0 spiro atoms. The van der Waals surface area contributed by atoms with Gasteiger partial charge >= 0.3 is 12.0 Å². The lowest BCUT2D eigenvalue weighted by Crippen LogP contribution is -2.35. The number of nitro benzene ring substituents is 1. The highest BCUT2D eigenvalue weighted by molar-refractivity contribution is 5.74. The second-order valence-electron chi connectivity index (χ2n) is 3.99. The van der Waals surface area contributed by atoms with E-state index in [2.05, 4.69) is 10.6 Å². The van der Waals surface area contributed by atoms with E-state index >= 15 is 0 Å². The number of carbonyl (C=O) groups is 2. The zero-order valence-corrected chi connectivity index (χ0v) is 10.7. The summed E-state index contributed by atoms with van der Waals surface area (Å²) < 4.78 is 0. The summed E-state index contributed by atoms with van der Waals surface area (Å²) in [6.45, 7) is 0.261. The molecule has 0 heterocycles. The van der Waals surface area contributed by atoms with Crippen LogP contribution in [0.3, 0.4) is 0 Å². The van der Waals surface area contributed by atoms with Crippen molar-refractivity contribution in [3.63, 3.8) is 0 Å². The van der Waals surface area contributed by atoms with E-state index in [0.717, 1.165) is 0 Å². The second kappa shape index (κ2) is 7.72. The normalized spacial score (nSPS) is 9.80. The average Bonchev–Trinajstić information content (AvgIpc) is 2.41.